The minimum absolute atomic E-state index is 0.0393. The zero-order valence-corrected chi connectivity index (χ0v) is 8.45. The lowest BCUT2D eigenvalue weighted by molar-refractivity contribution is 0.278. The van der Waals surface area contributed by atoms with E-state index in [-0.39, 0.29) is 6.61 Å². The van der Waals surface area contributed by atoms with Crippen LogP contribution in [0, 0.1) is 6.92 Å². The molecule has 2 aromatic rings. The molecule has 5 heteroatoms. The van der Waals surface area contributed by atoms with E-state index in [1.165, 1.54) is 11.3 Å². The second-order valence-corrected chi connectivity index (χ2v) is 3.74. The molecule has 0 radical (unpaired) electrons. The molecule has 0 aromatic carbocycles. The average Bonchev–Trinajstić information content (AvgIpc) is 2.67. The van der Waals surface area contributed by atoms with Crippen LogP contribution in [0.15, 0.2) is 17.8 Å². The van der Waals surface area contributed by atoms with Gasteiger partial charge in [0.2, 0.25) is 0 Å². The van der Waals surface area contributed by atoms with Gasteiger partial charge in [-0.15, -0.1) is 11.3 Å². The Morgan fingerprint density at radius 2 is 2.07 bits per heavy atom. The van der Waals surface area contributed by atoms with Crippen LogP contribution < -0.4 is 0 Å². The fourth-order valence-corrected chi connectivity index (χ4v) is 1.74. The van der Waals surface area contributed by atoms with Crippen molar-refractivity contribution in [3.8, 4) is 10.8 Å². The lowest BCUT2D eigenvalue weighted by atomic mass is 10.4. The lowest BCUT2D eigenvalue weighted by Gasteiger charge is -1.94. The Morgan fingerprint density at radius 3 is 2.64 bits per heavy atom. The van der Waals surface area contributed by atoms with E-state index in [4.69, 9.17) is 5.11 Å². The molecule has 0 aliphatic rings. The molecule has 0 fully saturated rings. The second-order valence-electron chi connectivity index (χ2n) is 2.89. The third-order valence-corrected chi connectivity index (χ3v) is 2.57. The Labute approximate surface area is 85.3 Å². The molecular weight excluding hydrogens is 198 g/mol. The Hall–Kier alpha value is -1.33. The van der Waals surface area contributed by atoms with E-state index >= 15 is 0 Å². The Kier molecular flexibility index (Phi) is 2.51. The highest BCUT2D eigenvalue weighted by atomic mass is 32.1. The minimum atomic E-state index is -0.0393. The first-order valence-electron chi connectivity index (χ1n) is 4.14. The first-order valence-corrected chi connectivity index (χ1v) is 5.02. The number of thiazole rings is 1. The van der Waals surface area contributed by atoms with Crippen LogP contribution in [0.5, 0.6) is 0 Å². The van der Waals surface area contributed by atoms with Gasteiger partial charge in [0.1, 0.15) is 0 Å². The SMILES string of the molecule is Cc1cnc(-c2nc(CO)cs2)nc1. The molecule has 2 aromatic heterocycles. The first kappa shape index (κ1) is 9.23. The van der Waals surface area contributed by atoms with Gasteiger partial charge in [0.15, 0.2) is 10.8 Å². The topological polar surface area (TPSA) is 58.9 Å². The van der Waals surface area contributed by atoms with Crippen molar-refractivity contribution in [3.05, 3.63) is 29.0 Å². The quantitative estimate of drug-likeness (QED) is 0.808. The van der Waals surface area contributed by atoms with Crippen molar-refractivity contribution in [2.45, 2.75) is 13.5 Å². The summed E-state index contributed by atoms with van der Waals surface area (Å²) in [7, 11) is 0. The summed E-state index contributed by atoms with van der Waals surface area (Å²) in [4.78, 5) is 12.5. The van der Waals surface area contributed by atoms with Gasteiger partial charge < -0.3 is 5.11 Å². The predicted octanol–water partition coefficient (Wildman–Crippen LogP) is 1.40. The molecule has 4 nitrogen and oxygen atoms in total. The van der Waals surface area contributed by atoms with Gasteiger partial charge in [-0.1, -0.05) is 0 Å². The molecule has 0 spiro atoms. The zero-order chi connectivity index (χ0) is 9.97. The molecule has 0 aliphatic heterocycles. The van der Waals surface area contributed by atoms with Crippen molar-refractivity contribution in [1.29, 1.82) is 0 Å². The highest BCUT2D eigenvalue weighted by molar-refractivity contribution is 7.13. The Bertz CT molecular complexity index is 424. The van der Waals surface area contributed by atoms with Gasteiger partial charge in [0.05, 0.1) is 12.3 Å². The number of hydrogen-bond acceptors (Lipinski definition) is 5. The van der Waals surface area contributed by atoms with Crippen molar-refractivity contribution in [2.24, 2.45) is 0 Å². The Balaban J connectivity index is 2.34. The average molecular weight is 207 g/mol. The van der Waals surface area contributed by atoms with Gasteiger partial charge in [-0.05, 0) is 12.5 Å². The lowest BCUT2D eigenvalue weighted by Crippen LogP contribution is -1.89. The zero-order valence-electron chi connectivity index (χ0n) is 7.64. The molecule has 0 saturated heterocycles. The fraction of sp³-hybridized carbons (Fsp3) is 0.222. The van der Waals surface area contributed by atoms with Crippen molar-refractivity contribution in [3.63, 3.8) is 0 Å². The normalized spacial score (nSPS) is 10.4. The van der Waals surface area contributed by atoms with Gasteiger partial charge in [-0.2, -0.15) is 0 Å². The maximum absolute atomic E-state index is 8.85. The van der Waals surface area contributed by atoms with Crippen LogP contribution in [-0.2, 0) is 6.61 Å². The molecule has 1 N–H and O–H groups in total. The number of aryl methyl sites for hydroxylation is 1. The molecule has 14 heavy (non-hydrogen) atoms. The molecule has 2 heterocycles. The van der Waals surface area contributed by atoms with Gasteiger partial charge in [0.25, 0.3) is 0 Å². The smallest absolute Gasteiger partial charge is 0.188 e. The summed E-state index contributed by atoms with van der Waals surface area (Å²) < 4.78 is 0. The monoisotopic (exact) mass is 207 g/mol. The van der Waals surface area contributed by atoms with E-state index in [1.807, 2.05) is 6.92 Å². The van der Waals surface area contributed by atoms with Crippen molar-refractivity contribution in [2.75, 3.05) is 0 Å². The standard InChI is InChI=1S/C9H9N3OS/c1-6-2-10-8(11-3-6)9-12-7(4-13)5-14-9/h2-3,5,13H,4H2,1H3. The summed E-state index contributed by atoms with van der Waals surface area (Å²) in [5.41, 5.74) is 1.68. The molecule has 0 bridgehead atoms. The number of aromatic nitrogens is 3. The van der Waals surface area contributed by atoms with Crippen LogP contribution in [0.1, 0.15) is 11.3 Å². The molecule has 0 saturated carbocycles. The molecule has 0 atom stereocenters. The van der Waals surface area contributed by atoms with Crippen molar-refractivity contribution < 1.29 is 5.11 Å². The highest BCUT2D eigenvalue weighted by Crippen LogP contribution is 2.19. The van der Waals surface area contributed by atoms with E-state index < -0.39 is 0 Å². The molecule has 72 valence electrons. The van der Waals surface area contributed by atoms with Crippen molar-refractivity contribution in [1.82, 2.24) is 15.0 Å². The summed E-state index contributed by atoms with van der Waals surface area (Å²) in [5.74, 6) is 0.611. The molecule has 2 rings (SSSR count). The largest absolute Gasteiger partial charge is 0.390 e. The van der Waals surface area contributed by atoms with E-state index in [0.29, 0.717) is 11.5 Å². The maximum Gasteiger partial charge on any atom is 0.188 e. The first-order chi connectivity index (χ1) is 6.79. The summed E-state index contributed by atoms with van der Waals surface area (Å²) in [6.07, 6.45) is 3.50. The second kappa shape index (κ2) is 3.81. The molecule has 0 amide bonds. The van der Waals surface area contributed by atoms with Crippen LogP contribution in [-0.4, -0.2) is 20.1 Å². The van der Waals surface area contributed by atoms with Crippen LogP contribution in [0.3, 0.4) is 0 Å². The molecule has 0 aliphatic carbocycles. The maximum atomic E-state index is 8.85. The van der Waals surface area contributed by atoms with Crippen LogP contribution in [0.2, 0.25) is 0 Å². The number of rotatable bonds is 2. The highest BCUT2D eigenvalue weighted by Gasteiger charge is 2.05. The van der Waals surface area contributed by atoms with Gasteiger partial charge in [-0.3, -0.25) is 0 Å². The molecule has 0 unspecified atom stereocenters. The van der Waals surface area contributed by atoms with Crippen LogP contribution in [0.25, 0.3) is 10.8 Å². The number of aliphatic hydroxyl groups is 1. The predicted molar refractivity (Wildman–Crippen MR) is 53.8 cm³/mol. The van der Waals surface area contributed by atoms with E-state index in [2.05, 4.69) is 15.0 Å². The third-order valence-electron chi connectivity index (χ3n) is 1.69. The van der Waals surface area contributed by atoms with E-state index in [0.717, 1.165) is 10.6 Å². The summed E-state index contributed by atoms with van der Waals surface area (Å²) in [6, 6.07) is 0. The minimum Gasteiger partial charge on any atom is -0.390 e. The van der Waals surface area contributed by atoms with E-state index in [9.17, 15) is 0 Å². The number of aliphatic hydroxyl groups excluding tert-OH is 1. The van der Waals surface area contributed by atoms with Gasteiger partial charge >= 0.3 is 0 Å². The van der Waals surface area contributed by atoms with Gasteiger partial charge in [-0.25, -0.2) is 15.0 Å². The third kappa shape index (κ3) is 1.78. The number of hydrogen-bond donors (Lipinski definition) is 1. The summed E-state index contributed by atoms with van der Waals surface area (Å²) >= 11 is 1.44. The van der Waals surface area contributed by atoms with E-state index in [1.54, 1.807) is 17.8 Å². The molecular formula is C9H9N3OS. The Morgan fingerprint density at radius 1 is 1.36 bits per heavy atom. The number of nitrogens with zero attached hydrogens (tertiary/aromatic N) is 3. The fourth-order valence-electron chi connectivity index (χ4n) is 0.985. The van der Waals surface area contributed by atoms with Crippen LogP contribution in [0.4, 0.5) is 0 Å². The summed E-state index contributed by atoms with van der Waals surface area (Å²) in [5, 5.41) is 11.4. The van der Waals surface area contributed by atoms with Crippen molar-refractivity contribution >= 4 is 11.3 Å². The van der Waals surface area contributed by atoms with Crippen LogP contribution >= 0.6 is 11.3 Å². The summed E-state index contributed by atoms with van der Waals surface area (Å²) in [6.45, 7) is 1.90. The van der Waals surface area contributed by atoms with Gasteiger partial charge in [0, 0.05) is 17.8 Å².